The maximum absolute atomic E-state index is 13.1. The molecule has 2 rings (SSSR count). The predicted molar refractivity (Wildman–Crippen MR) is 110 cm³/mol. The fourth-order valence-electron chi connectivity index (χ4n) is 2.46. The first-order valence-electron chi connectivity index (χ1n) is 9.10. The Morgan fingerprint density at radius 3 is 2.34 bits per heavy atom. The van der Waals surface area contributed by atoms with Crippen LogP contribution in [0.15, 0.2) is 53.7 Å². The summed E-state index contributed by atoms with van der Waals surface area (Å²) in [6.07, 6.45) is 3.25. The molecule has 2 aromatic rings. The molecule has 1 aromatic heterocycles. The molecule has 0 aliphatic rings. The highest BCUT2D eigenvalue weighted by Gasteiger charge is 2.24. The molecule has 0 bridgehead atoms. The Kier molecular flexibility index (Phi) is 8.57. The Labute approximate surface area is 172 Å². The molecule has 0 unspecified atom stereocenters. The number of methoxy groups -OCH3 is 1. The van der Waals surface area contributed by atoms with E-state index < -0.39 is 19.9 Å². The highest BCUT2D eigenvalue weighted by molar-refractivity contribution is 7.91. The van der Waals surface area contributed by atoms with Crippen LogP contribution in [-0.4, -0.2) is 64.5 Å². The second-order valence-corrected chi connectivity index (χ2v) is 10.7. The van der Waals surface area contributed by atoms with Crippen molar-refractivity contribution in [1.82, 2.24) is 9.29 Å². The van der Waals surface area contributed by atoms with Gasteiger partial charge >= 0.3 is 0 Å². The summed E-state index contributed by atoms with van der Waals surface area (Å²) in [5, 5.41) is 0. The van der Waals surface area contributed by atoms with E-state index in [-0.39, 0.29) is 42.7 Å². The van der Waals surface area contributed by atoms with Gasteiger partial charge in [-0.2, -0.15) is 4.31 Å². The minimum atomic E-state index is -3.76. The van der Waals surface area contributed by atoms with Crippen molar-refractivity contribution >= 4 is 19.9 Å². The fourth-order valence-corrected chi connectivity index (χ4v) is 4.50. The molecular weight excluding hydrogens is 416 g/mol. The van der Waals surface area contributed by atoms with Gasteiger partial charge < -0.3 is 9.47 Å². The van der Waals surface area contributed by atoms with E-state index in [1.807, 2.05) is 6.07 Å². The second-order valence-electron chi connectivity index (χ2n) is 6.25. The van der Waals surface area contributed by atoms with Gasteiger partial charge in [0.1, 0.15) is 12.4 Å². The Bertz CT molecular complexity index is 962. The summed E-state index contributed by atoms with van der Waals surface area (Å²) in [6, 6.07) is 9.49. The van der Waals surface area contributed by atoms with Gasteiger partial charge in [0, 0.05) is 38.3 Å². The molecule has 0 saturated carbocycles. The number of pyridine rings is 1. The SMILES string of the molecule is CCS(=O)(=O)CCOc1ccc(S(=O)(=O)N(CCOC)Cc2cccnc2)cc1. The molecule has 0 aliphatic heterocycles. The molecule has 29 heavy (non-hydrogen) atoms. The Hall–Kier alpha value is -2.01. The van der Waals surface area contributed by atoms with E-state index in [9.17, 15) is 16.8 Å². The number of aromatic nitrogens is 1. The summed E-state index contributed by atoms with van der Waals surface area (Å²) < 4.78 is 60.9. The lowest BCUT2D eigenvalue weighted by Crippen LogP contribution is -2.33. The fraction of sp³-hybridized carbons (Fsp3) is 0.421. The molecular formula is C19H26N2O6S2. The zero-order chi connectivity index (χ0) is 21.3. The highest BCUT2D eigenvalue weighted by atomic mass is 32.2. The number of nitrogens with zero attached hydrogens (tertiary/aromatic N) is 2. The molecule has 8 nitrogen and oxygen atoms in total. The van der Waals surface area contributed by atoms with Crippen molar-refractivity contribution in [3.63, 3.8) is 0 Å². The third-order valence-corrected chi connectivity index (χ3v) is 7.72. The predicted octanol–water partition coefficient (Wildman–Crippen LogP) is 1.73. The molecule has 1 heterocycles. The molecule has 0 amide bonds. The highest BCUT2D eigenvalue weighted by Crippen LogP contribution is 2.21. The number of benzene rings is 1. The van der Waals surface area contributed by atoms with Gasteiger partial charge in [-0.1, -0.05) is 13.0 Å². The summed E-state index contributed by atoms with van der Waals surface area (Å²) in [6.45, 7) is 2.22. The monoisotopic (exact) mass is 442 g/mol. The van der Waals surface area contributed by atoms with Crippen LogP contribution in [0.2, 0.25) is 0 Å². The average Bonchev–Trinajstić information content (AvgIpc) is 2.72. The molecule has 0 N–H and O–H groups in total. The summed E-state index contributed by atoms with van der Waals surface area (Å²) in [5.41, 5.74) is 0.768. The molecule has 0 saturated heterocycles. The molecule has 1 aromatic carbocycles. The maximum atomic E-state index is 13.1. The molecule has 10 heteroatoms. The van der Waals surface area contributed by atoms with Crippen molar-refractivity contribution in [2.45, 2.75) is 18.4 Å². The van der Waals surface area contributed by atoms with E-state index in [0.29, 0.717) is 5.75 Å². The van der Waals surface area contributed by atoms with E-state index in [1.165, 1.54) is 35.7 Å². The van der Waals surface area contributed by atoms with Gasteiger partial charge in [0.15, 0.2) is 9.84 Å². The number of ether oxygens (including phenoxy) is 2. The van der Waals surface area contributed by atoms with Crippen LogP contribution < -0.4 is 4.74 Å². The van der Waals surface area contributed by atoms with Crippen molar-refractivity contribution in [2.24, 2.45) is 0 Å². The van der Waals surface area contributed by atoms with Crippen LogP contribution in [0.1, 0.15) is 12.5 Å². The van der Waals surface area contributed by atoms with Crippen LogP contribution >= 0.6 is 0 Å². The Morgan fingerprint density at radius 1 is 1.03 bits per heavy atom. The lowest BCUT2D eigenvalue weighted by atomic mass is 10.3. The van der Waals surface area contributed by atoms with Gasteiger partial charge in [-0.25, -0.2) is 16.8 Å². The van der Waals surface area contributed by atoms with Crippen LogP contribution in [0, 0.1) is 0 Å². The van der Waals surface area contributed by atoms with E-state index in [0.717, 1.165) is 5.56 Å². The summed E-state index contributed by atoms with van der Waals surface area (Å²) in [4.78, 5) is 4.14. The van der Waals surface area contributed by atoms with Crippen LogP contribution in [-0.2, 0) is 31.1 Å². The van der Waals surface area contributed by atoms with Crippen molar-refractivity contribution in [3.05, 3.63) is 54.4 Å². The van der Waals surface area contributed by atoms with Gasteiger partial charge in [-0.15, -0.1) is 0 Å². The van der Waals surface area contributed by atoms with Crippen LogP contribution in [0.4, 0.5) is 0 Å². The molecule has 0 spiro atoms. The van der Waals surface area contributed by atoms with E-state index >= 15 is 0 Å². The molecule has 0 aliphatic carbocycles. The maximum Gasteiger partial charge on any atom is 0.243 e. The van der Waals surface area contributed by atoms with Gasteiger partial charge in [-0.3, -0.25) is 4.98 Å². The van der Waals surface area contributed by atoms with Gasteiger partial charge in [0.05, 0.1) is 17.3 Å². The molecule has 160 valence electrons. The normalized spacial score (nSPS) is 12.2. The largest absolute Gasteiger partial charge is 0.493 e. The lowest BCUT2D eigenvalue weighted by Gasteiger charge is -2.22. The Balaban J connectivity index is 2.12. The molecule has 0 fully saturated rings. The minimum Gasteiger partial charge on any atom is -0.493 e. The smallest absolute Gasteiger partial charge is 0.243 e. The summed E-state index contributed by atoms with van der Waals surface area (Å²) in [7, 11) is -5.36. The van der Waals surface area contributed by atoms with E-state index in [4.69, 9.17) is 9.47 Å². The quantitative estimate of drug-likeness (QED) is 0.493. The summed E-state index contributed by atoms with van der Waals surface area (Å²) >= 11 is 0. The third kappa shape index (κ3) is 7.07. The first-order chi connectivity index (χ1) is 13.8. The third-order valence-electron chi connectivity index (χ3n) is 4.19. The zero-order valence-electron chi connectivity index (χ0n) is 16.5. The van der Waals surface area contributed by atoms with Gasteiger partial charge in [0.2, 0.25) is 10.0 Å². The topological polar surface area (TPSA) is 103 Å². The number of rotatable bonds is 12. The number of sulfonamides is 1. The van der Waals surface area contributed by atoms with Crippen molar-refractivity contribution in [2.75, 3.05) is 38.4 Å². The van der Waals surface area contributed by atoms with Gasteiger partial charge in [-0.05, 0) is 35.9 Å². The van der Waals surface area contributed by atoms with E-state index in [1.54, 1.807) is 25.4 Å². The van der Waals surface area contributed by atoms with Crippen molar-refractivity contribution in [1.29, 1.82) is 0 Å². The van der Waals surface area contributed by atoms with Crippen molar-refractivity contribution in [3.8, 4) is 5.75 Å². The van der Waals surface area contributed by atoms with Crippen molar-refractivity contribution < 1.29 is 26.3 Å². The van der Waals surface area contributed by atoms with E-state index in [2.05, 4.69) is 4.98 Å². The average molecular weight is 443 g/mol. The van der Waals surface area contributed by atoms with Crippen LogP contribution in [0.5, 0.6) is 5.75 Å². The van der Waals surface area contributed by atoms with Gasteiger partial charge in [0.25, 0.3) is 0 Å². The number of hydrogen-bond acceptors (Lipinski definition) is 7. The molecule has 0 radical (unpaired) electrons. The zero-order valence-corrected chi connectivity index (χ0v) is 18.2. The second kappa shape index (κ2) is 10.7. The van der Waals surface area contributed by atoms with Crippen LogP contribution in [0.25, 0.3) is 0 Å². The number of sulfone groups is 1. The lowest BCUT2D eigenvalue weighted by molar-refractivity contribution is 0.177. The number of hydrogen-bond donors (Lipinski definition) is 0. The minimum absolute atomic E-state index is 0.0171. The molecule has 0 atom stereocenters. The standard InChI is InChI=1S/C19H26N2O6S2/c1-3-28(22,23)14-13-27-18-6-8-19(9-7-18)29(24,25)21(11-12-26-2)16-17-5-4-10-20-15-17/h4-10,15H,3,11-14,16H2,1-2H3. The first kappa shape index (κ1) is 23.3. The first-order valence-corrected chi connectivity index (χ1v) is 12.4. The van der Waals surface area contributed by atoms with Crippen LogP contribution in [0.3, 0.4) is 0 Å². The summed E-state index contributed by atoms with van der Waals surface area (Å²) in [5.74, 6) is 0.382. The Morgan fingerprint density at radius 2 is 1.76 bits per heavy atom.